The Hall–Kier alpha value is -1.55. The van der Waals surface area contributed by atoms with Crippen molar-refractivity contribution >= 4 is 11.6 Å². The number of rotatable bonds is 5. The lowest BCUT2D eigenvalue weighted by Gasteiger charge is -2.34. The van der Waals surface area contributed by atoms with Crippen molar-refractivity contribution in [1.29, 1.82) is 0 Å². The van der Waals surface area contributed by atoms with Crippen molar-refractivity contribution in [3.63, 3.8) is 0 Å². The molecular weight excluding hydrogens is 286 g/mol. The summed E-state index contributed by atoms with van der Waals surface area (Å²) in [7, 11) is 0. The van der Waals surface area contributed by atoms with Crippen molar-refractivity contribution in [2.24, 2.45) is 0 Å². The van der Waals surface area contributed by atoms with E-state index in [9.17, 15) is 4.79 Å². The van der Waals surface area contributed by atoms with Crippen LogP contribution in [-0.2, 0) is 10.2 Å². The van der Waals surface area contributed by atoms with Crippen LogP contribution in [0.4, 0.5) is 5.69 Å². The third-order valence-electron chi connectivity index (χ3n) is 4.59. The molecule has 0 aliphatic carbocycles. The molecule has 0 saturated carbocycles. The van der Waals surface area contributed by atoms with Gasteiger partial charge in [-0.15, -0.1) is 0 Å². The Morgan fingerprint density at radius 1 is 1.09 bits per heavy atom. The zero-order valence-corrected chi connectivity index (χ0v) is 15.1. The van der Waals surface area contributed by atoms with E-state index >= 15 is 0 Å². The highest BCUT2D eigenvalue weighted by molar-refractivity contribution is 5.76. The number of amides is 1. The lowest BCUT2D eigenvalue weighted by atomic mass is 9.87. The highest BCUT2D eigenvalue weighted by Gasteiger charge is 2.19. The maximum atomic E-state index is 12.2. The van der Waals surface area contributed by atoms with E-state index < -0.39 is 0 Å². The summed E-state index contributed by atoms with van der Waals surface area (Å²) in [5.74, 6) is 0.263. The highest BCUT2D eigenvalue weighted by atomic mass is 16.2. The predicted octanol–water partition coefficient (Wildman–Crippen LogP) is 2.95. The van der Waals surface area contributed by atoms with Gasteiger partial charge in [0.2, 0.25) is 5.91 Å². The average molecular weight is 317 g/mol. The smallest absolute Gasteiger partial charge is 0.224 e. The molecule has 1 amide bonds. The molecule has 4 heteroatoms. The van der Waals surface area contributed by atoms with Crippen molar-refractivity contribution in [2.45, 2.75) is 39.5 Å². The lowest BCUT2D eigenvalue weighted by molar-refractivity contribution is -0.132. The average Bonchev–Trinajstić information content (AvgIpc) is 2.54. The molecule has 1 heterocycles. The van der Waals surface area contributed by atoms with Crippen LogP contribution in [0.3, 0.4) is 0 Å². The number of nitrogens with one attached hydrogen (secondary N) is 1. The number of nitrogens with zero attached hydrogens (tertiary/aromatic N) is 2. The maximum absolute atomic E-state index is 12.2. The van der Waals surface area contributed by atoms with Gasteiger partial charge in [-0.05, 0) is 29.7 Å². The van der Waals surface area contributed by atoms with Gasteiger partial charge in [0.15, 0.2) is 0 Å². The van der Waals surface area contributed by atoms with Gasteiger partial charge < -0.3 is 15.1 Å². The second kappa shape index (κ2) is 7.82. The molecule has 1 aliphatic heterocycles. The molecule has 128 valence electrons. The molecule has 23 heavy (non-hydrogen) atoms. The summed E-state index contributed by atoms with van der Waals surface area (Å²) in [6.45, 7) is 14.3. The zero-order chi connectivity index (χ0) is 16.9. The van der Waals surface area contributed by atoms with Gasteiger partial charge in [0.1, 0.15) is 0 Å². The highest BCUT2D eigenvalue weighted by Crippen LogP contribution is 2.23. The van der Waals surface area contributed by atoms with Gasteiger partial charge in [0, 0.05) is 44.8 Å². The molecule has 1 aliphatic rings. The van der Waals surface area contributed by atoms with Gasteiger partial charge in [-0.3, -0.25) is 4.79 Å². The fourth-order valence-corrected chi connectivity index (χ4v) is 2.87. The van der Waals surface area contributed by atoms with Crippen LogP contribution >= 0.6 is 0 Å². The van der Waals surface area contributed by atoms with Crippen LogP contribution in [0.15, 0.2) is 24.3 Å². The van der Waals surface area contributed by atoms with E-state index in [1.165, 1.54) is 5.56 Å². The standard InChI is InChI=1S/C19H31N3O/c1-5-21-12-14-22(15-13-21)18(23)10-11-20-17-8-6-16(7-9-17)19(2,3)4/h6-9,20H,5,10-15H2,1-4H3. The van der Waals surface area contributed by atoms with E-state index in [1.807, 2.05) is 4.90 Å². The molecule has 1 saturated heterocycles. The Morgan fingerprint density at radius 3 is 2.22 bits per heavy atom. The Kier molecular flexibility index (Phi) is 6.05. The number of anilines is 1. The molecule has 2 rings (SSSR count). The molecule has 1 N–H and O–H groups in total. The predicted molar refractivity (Wildman–Crippen MR) is 96.9 cm³/mol. The number of benzene rings is 1. The fraction of sp³-hybridized carbons (Fsp3) is 0.632. The van der Waals surface area contributed by atoms with Crippen molar-refractivity contribution in [3.8, 4) is 0 Å². The number of piperazine rings is 1. The van der Waals surface area contributed by atoms with Gasteiger partial charge in [-0.25, -0.2) is 0 Å². The van der Waals surface area contributed by atoms with Crippen molar-refractivity contribution in [3.05, 3.63) is 29.8 Å². The SMILES string of the molecule is CCN1CCN(C(=O)CCNc2ccc(C(C)(C)C)cc2)CC1. The number of likely N-dealkylation sites (N-methyl/N-ethyl adjacent to an activating group) is 1. The molecule has 1 fully saturated rings. The summed E-state index contributed by atoms with van der Waals surface area (Å²) < 4.78 is 0. The zero-order valence-electron chi connectivity index (χ0n) is 15.1. The molecule has 0 atom stereocenters. The third-order valence-corrected chi connectivity index (χ3v) is 4.59. The van der Waals surface area contributed by atoms with Crippen LogP contribution in [0, 0.1) is 0 Å². The van der Waals surface area contributed by atoms with Crippen LogP contribution in [0.2, 0.25) is 0 Å². The quantitative estimate of drug-likeness (QED) is 0.907. The number of hydrogen-bond acceptors (Lipinski definition) is 3. The van der Waals surface area contributed by atoms with Crippen LogP contribution in [-0.4, -0.2) is 55.0 Å². The Balaban J connectivity index is 1.73. The summed E-state index contributed by atoms with van der Waals surface area (Å²) >= 11 is 0. The first-order valence-electron chi connectivity index (χ1n) is 8.74. The van der Waals surface area contributed by atoms with Crippen LogP contribution < -0.4 is 5.32 Å². The van der Waals surface area contributed by atoms with Gasteiger partial charge in [-0.2, -0.15) is 0 Å². The summed E-state index contributed by atoms with van der Waals surface area (Å²) in [4.78, 5) is 16.6. The topological polar surface area (TPSA) is 35.6 Å². The van der Waals surface area contributed by atoms with Gasteiger partial charge >= 0.3 is 0 Å². The second-order valence-electron chi connectivity index (χ2n) is 7.32. The summed E-state index contributed by atoms with van der Waals surface area (Å²) in [6.07, 6.45) is 0.563. The van der Waals surface area contributed by atoms with E-state index in [1.54, 1.807) is 0 Å². The number of hydrogen-bond donors (Lipinski definition) is 1. The molecule has 0 aromatic heterocycles. The molecule has 0 unspecified atom stereocenters. The third kappa shape index (κ3) is 5.24. The number of carbonyl (C=O) groups is 1. The Morgan fingerprint density at radius 2 is 1.70 bits per heavy atom. The molecular formula is C19H31N3O. The van der Waals surface area contributed by atoms with E-state index in [4.69, 9.17) is 0 Å². The molecule has 4 nitrogen and oxygen atoms in total. The lowest BCUT2D eigenvalue weighted by Crippen LogP contribution is -2.48. The molecule has 0 spiro atoms. The first-order chi connectivity index (χ1) is 10.9. The summed E-state index contributed by atoms with van der Waals surface area (Å²) in [5, 5.41) is 3.36. The van der Waals surface area contributed by atoms with Crippen LogP contribution in [0.1, 0.15) is 39.7 Å². The monoisotopic (exact) mass is 317 g/mol. The Bertz CT molecular complexity index is 496. The van der Waals surface area contributed by atoms with E-state index in [0.29, 0.717) is 13.0 Å². The van der Waals surface area contributed by atoms with Gasteiger partial charge in [-0.1, -0.05) is 39.8 Å². The van der Waals surface area contributed by atoms with Gasteiger partial charge in [0.25, 0.3) is 0 Å². The second-order valence-corrected chi connectivity index (χ2v) is 7.32. The van der Waals surface area contributed by atoms with E-state index in [-0.39, 0.29) is 11.3 Å². The van der Waals surface area contributed by atoms with Crippen LogP contribution in [0.25, 0.3) is 0 Å². The van der Waals surface area contributed by atoms with Crippen LogP contribution in [0.5, 0.6) is 0 Å². The first-order valence-corrected chi connectivity index (χ1v) is 8.74. The molecule has 0 radical (unpaired) electrons. The Labute approximate surface area is 140 Å². The van der Waals surface area contributed by atoms with E-state index in [0.717, 1.165) is 38.4 Å². The number of carbonyl (C=O) groups excluding carboxylic acids is 1. The normalized spacial score (nSPS) is 16.4. The van der Waals surface area contributed by atoms with Crippen molar-refractivity contribution in [2.75, 3.05) is 44.6 Å². The summed E-state index contributed by atoms with van der Waals surface area (Å²) in [6, 6.07) is 8.53. The first kappa shape index (κ1) is 17.8. The fourth-order valence-electron chi connectivity index (χ4n) is 2.87. The van der Waals surface area contributed by atoms with E-state index in [2.05, 4.69) is 62.2 Å². The minimum atomic E-state index is 0.176. The minimum Gasteiger partial charge on any atom is -0.385 e. The van der Waals surface area contributed by atoms with Gasteiger partial charge in [0.05, 0.1) is 0 Å². The summed E-state index contributed by atoms with van der Waals surface area (Å²) in [5.41, 5.74) is 2.59. The van der Waals surface area contributed by atoms with Crippen molar-refractivity contribution < 1.29 is 4.79 Å². The molecule has 1 aromatic rings. The molecule has 0 bridgehead atoms. The minimum absolute atomic E-state index is 0.176. The molecule has 1 aromatic carbocycles. The maximum Gasteiger partial charge on any atom is 0.224 e. The largest absolute Gasteiger partial charge is 0.385 e. The van der Waals surface area contributed by atoms with Crippen molar-refractivity contribution in [1.82, 2.24) is 9.80 Å².